The number of aryl methyl sites for hydroxylation is 1. The van der Waals surface area contributed by atoms with Crippen molar-refractivity contribution in [2.45, 2.75) is 32.1 Å². The molecule has 4 nitrogen and oxygen atoms in total. The fourth-order valence-corrected chi connectivity index (χ4v) is 1.69. The Morgan fingerprint density at radius 1 is 1.47 bits per heavy atom. The van der Waals surface area contributed by atoms with Crippen LogP contribution < -0.4 is 0 Å². The minimum absolute atomic E-state index is 0.180. The smallest absolute Gasteiger partial charge is 0.376 e. The highest BCUT2D eigenvalue weighted by molar-refractivity contribution is 5.85. The summed E-state index contributed by atoms with van der Waals surface area (Å²) in [6.45, 7) is 1.87. The van der Waals surface area contributed by atoms with E-state index in [9.17, 15) is 4.79 Å². The number of hydrogen-bond acceptors (Lipinski definition) is 4. The molecule has 0 N–H and O–H groups in total. The van der Waals surface area contributed by atoms with Crippen LogP contribution >= 0.6 is 0 Å². The Balaban J connectivity index is 2.31. The third-order valence-corrected chi connectivity index (χ3v) is 2.77. The monoisotopic (exact) mass is 206 g/mol. The molecule has 4 heteroatoms. The van der Waals surface area contributed by atoms with Crippen molar-refractivity contribution in [2.75, 3.05) is 7.11 Å². The lowest BCUT2D eigenvalue weighted by molar-refractivity contribution is 0.0585. The van der Waals surface area contributed by atoms with Crippen LogP contribution in [0.1, 0.15) is 47.2 Å². The van der Waals surface area contributed by atoms with Gasteiger partial charge >= 0.3 is 5.97 Å². The number of carbonyl (C=O) groups is 1. The summed E-state index contributed by atoms with van der Waals surface area (Å²) in [7, 11) is 1.34. The van der Waals surface area contributed by atoms with E-state index in [1.807, 2.05) is 13.0 Å². The lowest BCUT2D eigenvalue weighted by Gasteiger charge is -2.24. The average Bonchev–Trinajstić information content (AvgIpc) is 2.13. The zero-order valence-electron chi connectivity index (χ0n) is 8.99. The molecule has 0 aromatic carbocycles. The van der Waals surface area contributed by atoms with Gasteiger partial charge in [0.25, 0.3) is 0 Å². The molecule has 80 valence electrons. The van der Waals surface area contributed by atoms with Crippen LogP contribution in [0.4, 0.5) is 0 Å². The van der Waals surface area contributed by atoms with Gasteiger partial charge in [-0.1, -0.05) is 6.42 Å². The maximum Gasteiger partial charge on any atom is 0.376 e. The van der Waals surface area contributed by atoms with Gasteiger partial charge in [-0.05, 0) is 25.8 Å². The van der Waals surface area contributed by atoms with Crippen molar-refractivity contribution in [3.8, 4) is 0 Å². The van der Waals surface area contributed by atoms with Gasteiger partial charge in [-0.3, -0.25) is 0 Å². The van der Waals surface area contributed by atoms with E-state index in [0.29, 0.717) is 5.92 Å². The van der Waals surface area contributed by atoms with Crippen LogP contribution in [0.5, 0.6) is 0 Å². The van der Waals surface area contributed by atoms with Gasteiger partial charge < -0.3 is 4.74 Å². The second-order valence-corrected chi connectivity index (χ2v) is 3.88. The topological polar surface area (TPSA) is 52.1 Å². The van der Waals surface area contributed by atoms with E-state index in [2.05, 4.69) is 14.7 Å². The Morgan fingerprint density at radius 2 is 2.20 bits per heavy atom. The van der Waals surface area contributed by atoms with Crippen LogP contribution in [-0.2, 0) is 4.74 Å². The molecule has 1 fully saturated rings. The fourth-order valence-electron chi connectivity index (χ4n) is 1.69. The highest BCUT2D eigenvalue weighted by atomic mass is 16.5. The van der Waals surface area contributed by atoms with Gasteiger partial charge in [0.15, 0.2) is 0 Å². The third-order valence-electron chi connectivity index (χ3n) is 2.77. The number of ether oxygens (including phenoxy) is 1. The van der Waals surface area contributed by atoms with E-state index in [1.54, 1.807) is 0 Å². The standard InChI is InChI=1S/C11H14N2O2/c1-7-6-9(8-4-3-5-8)13-10(12-7)11(14)15-2/h6,8H,3-5H2,1-2H3. The van der Waals surface area contributed by atoms with Gasteiger partial charge in [0.2, 0.25) is 5.82 Å². The number of esters is 1. The Labute approximate surface area is 88.7 Å². The first-order valence-electron chi connectivity index (χ1n) is 5.14. The van der Waals surface area contributed by atoms with E-state index in [1.165, 1.54) is 13.5 Å². The quantitative estimate of drug-likeness (QED) is 0.693. The molecule has 0 unspecified atom stereocenters. The summed E-state index contributed by atoms with van der Waals surface area (Å²) in [5.41, 5.74) is 1.81. The second-order valence-electron chi connectivity index (χ2n) is 3.88. The number of hydrogen-bond donors (Lipinski definition) is 0. The molecular weight excluding hydrogens is 192 g/mol. The SMILES string of the molecule is COC(=O)c1nc(C)cc(C2CCC2)n1. The van der Waals surface area contributed by atoms with Gasteiger partial charge in [-0.15, -0.1) is 0 Å². The molecule has 1 aromatic heterocycles. The van der Waals surface area contributed by atoms with Crippen LogP contribution in [0, 0.1) is 6.92 Å². The molecule has 0 radical (unpaired) electrons. The number of nitrogens with zero attached hydrogens (tertiary/aromatic N) is 2. The summed E-state index contributed by atoms with van der Waals surface area (Å²) in [6, 6.07) is 1.95. The predicted molar refractivity (Wildman–Crippen MR) is 54.7 cm³/mol. The highest BCUT2D eigenvalue weighted by Gasteiger charge is 2.23. The van der Waals surface area contributed by atoms with Crippen molar-refractivity contribution < 1.29 is 9.53 Å². The van der Waals surface area contributed by atoms with Gasteiger partial charge in [-0.2, -0.15) is 0 Å². The number of aromatic nitrogens is 2. The summed E-state index contributed by atoms with van der Waals surface area (Å²) < 4.78 is 4.61. The Morgan fingerprint density at radius 3 is 2.73 bits per heavy atom. The molecule has 0 aliphatic heterocycles. The Hall–Kier alpha value is -1.45. The molecule has 0 amide bonds. The van der Waals surface area contributed by atoms with Crippen molar-refractivity contribution in [1.29, 1.82) is 0 Å². The molecule has 1 aliphatic rings. The highest BCUT2D eigenvalue weighted by Crippen LogP contribution is 2.35. The number of rotatable bonds is 2. The van der Waals surface area contributed by atoms with Gasteiger partial charge in [0.1, 0.15) is 0 Å². The summed E-state index contributed by atoms with van der Waals surface area (Å²) in [6.07, 6.45) is 3.58. The van der Waals surface area contributed by atoms with E-state index in [-0.39, 0.29) is 5.82 Å². The molecule has 1 saturated carbocycles. The van der Waals surface area contributed by atoms with Crippen molar-refractivity contribution in [1.82, 2.24) is 9.97 Å². The van der Waals surface area contributed by atoms with Crippen molar-refractivity contribution in [3.63, 3.8) is 0 Å². The molecule has 1 heterocycles. The van der Waals surface area contributed by atoms with E-state index in [4.69, 9.17) is 0 Å². The van der Waals surface area contributed by atoms with E-state index >= 15 is 0 Å². The normalized spacial score (nSPS) is 15.9. The summed E-state index contributed by atoms with van der Waals surface area (Å²) in [4.78, 5) is 19.6. The minimum atomic E-state index is -0.459. The molecule has 0 saturated heterocycles. The zero-order valence-corrected chi connectivity index (χ0v) is 8.99. The maximum absolute atomic E-state index is 11.3. The van der Waals surface area contributed by atoms with E-state index in [0.717, 1.165) is 24.2 Å². The first-order valence-corrected chi connectivity index (χ1v) is 5.14. The average molecular weight is 206 g/mol. The fraction of sp³-hybridized carbons (Fsp3) is 0.545. The lowest BCUT2D eigenvalue weighted by Crippen LogP contribution is -2.15. The maximum atomic E-state index is 11.3. The van der Waals surface area contributed by atoms with Crippen LogP contribution in [0.3, 0.4) is 0 Å². The molecule has 0 spiro atoms. The van der Waals surface area contributed by atoms with Crippen molar-refractivity contribution >= 4 is 5.97 Å². The second kappa shape index (κ2) is 3.96. The number of methoxy groups -OCH3 is 1. The minimum Gasteiger partial charge on any atom is -0.463 e. The summed E-state index contributed by atoms with van der Waals surface area (Å²) in [5, 5.41) is 0. The van der Waals surface area contributed by atoms with Crippen LogP contribution in [-0.4, -0.2) is 23.0 Å². The van der Waals surface area contributed by atoms with Crippen LogP contribution in [0.25, 0.3) is 0 Å². The molecule has 15 heavy (non-hydrogen) atoms. The van der Waals surface area contributed by atoms with Crippen molar-refractivity contribution in [3.05, 3.63) is 23.3 Å². The van der Waals surface area contributed by atoms with Gasteiger partial charge in [-0.25, -0.2) is 14.8 Å². The zero-order chi connectivity index (χ0) is 10.8. The van der Waals surface area contributed by atoms with Crippen LogP contribution in [0.15, 0.2) is 6.07 Å². The molecule has 1 aliphatic carbocycles. The molecular formula is C11H14N2O2. The molecule has 0 bridgehead atoms. The number of carbonyl (C=O) groups excluding carboxylic acids is 1. The largest absolute Gasteiger partial charge is 0.463 e. The predicted octanol–water partition coefficient (Wildman–Crippen LogP) is 1.84. The Bertz CT molecular complexity index is 386. The molecule has 1 aromatic rings. The first-order chi connectivity index (χ1) is 7.20. The van der Waals surface area contributed by atoms with Crippen molar-refractivity contribution in [2.24, 2.45) is 0 Å². The van der Waals surface area contributed by atoms with E-state index < -0.39 is 5.97 Å². The third kappa shape index (κ3) is 1.98. The molecule has 0 atom stereocenters. The lowest BCUT2D eigenvalue weighted by atomic mass is 9.82. The Kier molecular flexibility index (Phi) is 2.66. The van der Waals surface area contributed by atoms with Gasteiger partial charge in [0, 0.05) is 17.3 Å². The summed E-state index contributed by atoms with van der Waals surface area (Å²) >= 11 is 0. The molecule has 2 rings (SSSR count). The summed E-state index contributed by atoms with van der Waals surface area (Å²) in [5.74, 6) is 0.230. The van der Waals surface area contributed by atoms with Gasteiger partial charge in [0.05, 0.1) is 7.11 Å². The van der Waals surface area contributed by atoms with Crippen LogP contribution in [0.2, 0.25) is 0 Å². The first kappa shape index (κ1) is 10.1.